The van der Waals surface area contributed by atoms with Crippen LogP contribution >= 0.6 is 11.3 Å². The molecule has 3 amide bonds. The number of aliphatic hydroxyl groups is 1. The van der Waals surface area contributed by atoms with Crippen LogP contribution in [-0.4, -0.2) is 78.0 Å². The average molecular weight is 447 g/mol. The summed E-state index contributed by atoms with van der Waals surface area (Å²) in [5, 5.41) is 13.0. The molecule has 0 aliphatic carbocycles. The van der Waals surface area contributed by atoms with Gasteiger partial charge in [-0.25, -0.2) is 0 Å². The first-order valence-corrected chi connectivity index (χ1v) is 11.4. The smallest absolute Gasteiger partial charge is 0.261 e. The molecule has 1 aliphatic heterocycles. The molecule has 2 atom stereocenters. The van der Waals surface area contributed by atoms with E-state index in [0.29, 0.717) is 50.4 Å². The number of nitrogens with zero attached hydrogens (tertiary/aromatic N) is 2. The van der Waals surface area contributed by atoms with Gasteiger partial charge in [0.15, 0.2) is 0 Å². The van der Waals surface area contributed by atoms with Gasteiger partial charge in [0.2, 0.25) is 11.8 Å². The second-order valence-electron chi connectivity index (χ2n) is 8.00. The first-order chi connectivity index (χ1) is 14.9. The van der Waals surface area contributed by atoms with E-state index in [-0.39, 0.29) is 30.2 Å². The van der Waals surface area contributed by atoms with Gasteiger partial charge >= 0.3 is 0 Å². The monoisotopic (exact) mass is 446 g/mol. The predicted molar refractivity (Wildman–Crippen MR) is 121 cm³/mol. The summed E-state index contributed by atoms with van der Waals surface area (Å²) in [6.45, 7) is 3.94. The van der Waals surface area contributed by atoms with Gasteiger partial charge in [-0.15, -0.1) is 11.3 Å². The van der Waals surface area contributed by atoms with Gasteiger partial charge in [0.1, 0.15) is 6.04 Å². The zero-order chi connectivity index (χ0) is 22.4. The van der Waals surface area contributed by atoms with Gasteiger partial charge in [-0.05, 0) is 29.9 Å². The summed E-state index contributed by atoms with van der Waals surface area (Å²) in [6, 6.07) is 8.91. The Morgan fingerprint density at radius 1 is 1.16 bits per heavy atom. The molecule has 31 heavy (non-hydrogen) atoms. The van der Waals surface area contributed by atoms with Crippen molar-refractivity contribution in [1.82, 2.24) is 15.1 Å². The maximum Gasteiger partial charge on any atom is 0.261 e. The molecule has 0 radical (unpaired) electrons. The Labute approximate surface area is 186 Å². The second kappa shape index (κ2) is 10.7. The summed E-state index contributed by atoms with van der Waals surface area (Å²) in [4.78, 5) is 41.0. The minimum atomic E-state index is -0.898. The van der Waals surface area contributed by atoms with Crippen LogP contribution in [0.15, 0.2) is 30.3 Å². The third-order valence-electron chi connectivity index (χ3n) is 5.55. The van der Waals surface area contributed by atoms with Gasteiger partial charge in [0.25, 0.3) is 5.91 Å². The molecule has 2 heterocycles. The Bertz CT molecular complexity index is 890. The lowest BCUT2D eigenvalue weighted by atomic mass is 10.0. The zero-order valence-corrected chi connectivity index (χ0v) is 18.6. The third kappa shape index (κ3) is 6.03. The van der Waals surface area contributed by atoms with Crippen LogP contribution in [0.4, 0.5) is 0 Å². The number of piperazine rings is 1. The molecular formula is C22H30N4O4S. The number of benzene rings is 1. The molecule has 9 heteroatoms. The van der Waals surface area contributed by atoms with E-state index in [1.165, 1.54) is 11.3 Å². The highest BCUT2D eigenvalue weighted by atomic mass is 32.1. The summed E-state index contributed by atoms with van der Waals surface area (Å²) in [7, 11) is 0. The molecule has 0 bridgehead atoms. The van der Waals surface area contributed by atoms with Crippen molar-refractivity contribution >= 4 is 39.1 Å². The van der Waals surface area contributed by atoms with Crippen LogP contribution in [0.2, 0.25) is 0 Å². The van der Waals surface area contributed by atoms with Crippen LogP contribution in [0.5, 0.6) is 0 Å². The molecule has 8 nitrogen and oxygen atoms in total. The summed E-state index contributed by atoms with van der Waals surface area (Å²) in [5.41, 5.74) is 5.58. The Hall–Kier alpha value is -2.49. The number of nitrogens with two attached hydrogens (primary N) is 1. The van der Waals surface area contributed by atoms with Gasteiger partial charge in [0, 0.05) is 43.8 Å². The van der Waals surface area contributed by atoms with Crippen molar-refractivity contribution in [3.8, 4) is 0 Å². The van der Waals surface area contributed by atoms with Gasteiger partial charge in [-0.1, -0.05) is 25.1 Å². The van der Waals surface area contributed by atoms with E-state index in [2.05, 4.69) is 5.32 Å². The zero-order valence-electron chi connectivity index (χ0n) is 17.8. The Balaban J connectivity index is 1.37. The number of aliphatic hydroxyl groups excluding tert-OH is 1. The molecule has 0 spiro atoms. The predicted octanol–water partition coefficient (Wildman–Crippen LogP) is 1.04. The van der Waals surface area contributed by atoms with E-state index in [4.69, 9.17) is 10.8 Å². The van der Waals surface area contributed by atoms with Gasteiger partial charge in [0.05, 0.1) is 11.5 Å². The number of hydrogen-bond acceptors (Lipinski definition) is 6. The normalized spacial score (nSPS) is 16.2. The average Bonchev–Trinajstić information content (AvgIpc) is 3.22. The topological polar surface area (TPSA) is 116 Å². The highest BCUT2D eigenvalue weighted by molar-refractivity contribution is 7.20. The molecule has 3 rings (SSSR count). The van der Waals surface area contributed by atoms with Crippen molar-refractivity contribution in [2.75, 3.05) is 39.3 Å². The van der Waals surface area contributed by atoms with E-state index in [0.717, 1.165) is 10.1 Å². The van der Waals surface area contributed by atoms with E-state index in [1.54, 1.807) is 9.80 Å². The van der Waals surface area contributed by atoms with E-state index in [1.807, 2.05) is 37.3 Å². The van der Waals surface area contributed by atoms with Crippen LogP contribution in [0.1, 0.15) is 29.4 Å². The molecule has 1 saturated heterocycles. The largest absolute Gasteiger partial charge is 0.394 e. The van der Waals surface area contributed by atoms with Gasteiger partial charge in [-0.3, -0.25) is 14.4 Å². The highest BCUT2D eigenvalue weighted by Crippen LogP contribution is 2.25. The van der Waals surface area contributed by atoms with E-state index in [9.17, 15) is 14.4 Å². The number of carbonyl (C=O) groups excluding carboxylic acids is 3. The highest BCUT2D eigenvalue weighted by Gasteiger charge is 2.27. The number of nitrogens with one attached hydrogen (secondary N) is 1. The van der Waals surface area contributed by atoms with Crippen LogP contribution in [0.3, 0.4) is 0 Å². The minimum Gasteiger partial charge on any atom is -0.394 e. The van der Waals surface area contributed by atoms with Gasteiger partial charge < -0.3 is 26.0 Å². The van der Waals surface area contributed by atoms with Crippen molar-refractivity contribution in [3.63, 3.8) is 0 Å². The first-order valence-electron chi connectivity index (χ1n) is 10.6. The summed E-state index contributed by atoms with van der Waals surface area (Å²) < 4.78 is 1.09. The maximum absolute atomic E-state index is 12.6. The Morgan fingerprint density at radius 3 is 2.52 bits per heavy atom. The summed E-state index contributed by atoms with van der Waals surface area (Å²) >= 11 is 1.48. The molecule has 1 aliphatic rings. The number of amides is 3. The van der Waals surface area contributed by atoms with Crippen molar-refractivity contribution in [3.05, 3.63) is 35.2 Å². The molecule has 1 aromatic carbocycles. The lowest BCUT2D eigenvalue weighted by molar-refractivity contribution is -0.141. The minimum absolute atomic E-state index is 0.0573. The van der Waals surface area contributed by atoms with Crippen molar-refractivity contribution in [2.24, 2.45) is 11.7 Å². The van der Waals surface area contributed by atoms with Crippen LogP contribution < -0.4 is 11.1 Å². The molecular weight excluding hydrogens is 416 g/mol. The van der Waals surface area contributed by atoms with Crippen LogP contribution in [-0.2, 0) is 9.59 Å². The lowest BCUT2D eigenvalue weighted by Gasteiger charge is -2.36. The van der Waals surface area contributed by atoms with Crippen molar-refractivity contribution in [1.29, 1.82) is 0 Å². The fourth-order valence-electron chi connectivity index (χ4n) is 3.63. The maximum atomic E-state index is 12.6. The lowest BCUT2D eigenvalue weighted by Crippen LogP contribution is -2.55. The molecule has 168 valence electrons. The van der Waals surface area contributed by atoms with Gasteiger partial charge in [-0.2, -0.15) is 0 Å². The number of carbonyl (C=O) groups is 3. The molecule has 1 unspecified atom stereocenters. The van der Waals surface area contributed by atoms with Crippen LogP contribution in [0, 0.1) is 5.92 Å². The second-order valence-corrected chi connectivity index (χ2v) is 9.08. The molecule has 0 saturated carbocycles. The van der Waals surface area contributed by atoms with Crippen molar-refractivity contribution < 1.29 is 19.5 Å². The quantitative estimate of drug-likeness (QED) is 0.560. The van der Waals surface area contributed by atoms with E-state index >= 15 is 0 Å². The van der Waals surface area contributed by atoms with E-state index < -0.39 is 6.04 Å². The standard InChI is InChI=1S/C22H30N4O4S/c1-15(6-7-24-21(29)19-13-16-4-2-3-5-18(16)31-19)12-20(28)25-8-10-26(11-9-25)22(30)17(23)14-27/h2-5,13,15,17,27H,6-12,14,23H2,1H3,(H,24,29)/t15?,17-/m0/s1. The number of rotatable bonds is 8. The number of thiophene rings is 1. The number of fused-ring (bicyclic) bond motifs is 1. The SMILES string of the molecule is CC(CCNC(=O)c1cc2ccccc2s1)CC(=O)N1CCN(C(=O)[C@@H](N)CO)CC1. The van der Waals surface area contributed by atoms with Crippen molar-refractivity contribution in [2.45, 2.75) is 25.8 Å². The molecule has 1 fully saturated rings. The molecule has 2 aromatic rings. The first kappa shape index (κ1) is 23.2. The number of hydrogen-bond donors (Lipinski definition) is 3. The summed E-state index contributed by atoms with van der Waals surface area (Å²) in [6.07, 6.45) is 1.12. The fourth-order valence-corrected chi connectivity index (χ4v) is 4.61. The van der Waals surface area contributed by atoms with Crippen LogP contribution in [0.25, 0.3) is 10.1 Å². The summed E-state index contributed by atoms with van der Waals surface area (Å²) in [5.74, 6) is -0.168. The fraction of sp³-hybridized carbons (Fsp3) is 0.500. The molecule has 1 aromatic heterocycles. The Kier molecular flexibility index (Phi) is 8.00. The third-order valence-corrected chi connectivity index (χ3v) is 6.67. The molecule has 4 N–H and O–H groups in total. The Morgan fingerprint density at radius 2 is 1.84 bits per heavy atom.